The first-order chi connectivity index (χ1) is 13.4. The molecule has 0 aromatic heterocycles. The quantitative estimate of drug-likeness (QED) is 0.723. The minimum absolute atomic E-state index is 0.0750. The zero-order valence-corrected chi connectivity index (χ0v) is 17.9. The van der Waals surface area contributed by atoms with E-state index in [1.807, 2.05) is 19.1 Å². The van der Waals surface area contributed by atoms with Gasteiger partial charge in [0.2, 0.25) is 15.9 Å². The summed E-state index contributed by atoms with van der Waals surface area (Å²) in [7, 11) is -3.50. The minimum Gasteiger partial charge on any atom is -0.339 e. The van der Waals surface area contributed by atoms with Gasteiger partial charge in [-0.15, -0.1) is 11.8 Å². The fourth-order valence-corrected chi connectivity index (χ4v) is 5.57. The van der Waals surface area contributed by atoms with Crippen molar-refractivity contribution in [3.05, 3.63) is 65.2 Å². The maximum absolute atomic E-state index is 12.8. The summed E-state index contributed by atoms with van der Waals surface area (Å²) in [5, 5.41) is 0. The van der Waals surface area contributed by atoms with Crippen LogP contribution in [0.5, 0.6) is 0 Å². The topological polar surface area (TPSA) is 57.7 Å². The Morgan fingerprint density at radius 1 is 0.964 bits per heavy atom. The van der Waals surface area contributed by atoms with Crippen LogP contribution in [0.2, 0.25) is 0 Å². The highest BCUT2D eigenvalue weighted by atomic mass is 32.2. The number of aryl methyl sites for hydroxylation is 2. The standard InChI is InChI=1S/C21H26N2O3S2/c1-17-7-9-20(10-8-17)28(25,26)23-13-11-22(12-14-23)21(24)16-27-15-19-6-4-3-5-18(19)2/h3-10H,11-16H2,1-2H3. The summed E-state index contributed by atoms with van der Waals surface area (Å²) in [5.41, 5.74) is 3.50. The van der Waals surface area contributed by atoms with Gasteiger partial charge < -0.3 is 4.90 Å². The molecule has 0 radical (unpaired) electrons. The summed E-state index contributed by atoms with van der Waals surface area (Å²) in [6.07, 6.45) is 0. The summed E-state index contributed by atoms with van der Waals surface area (Å²) >= 11 is 1.60. The van der Waals surface area contributed by atoms with Crippen LogP contribution in [-0.2, 0) is 20.6 Å². The number of hydrogen-bond donors (Lipinski definition) is 0. The molecule has 7 heteroatoms. The largest absolute Gasteiger partial charge is 0.339 e. The van der Waals surface area contributed by atoms with Crippen molar-refractivity contribution in [2.45, 2.75) is 24.5 Å². The average molecular weight is 419 g/mol. The molecule has 1 heterocycles. The Morgan fingerprint density at radius 3 is 2.25 bits per heavy atom. The maximum atomic E-state index is 12.8. The van der Waals surface area contributed by atoms with Crippen LogP contribution in [0.15, 0.2) is 53.4 Å². The number of carbonyl (C=O) groups excluding carboxylic acids is 1. The third-order valence-electron chi connectivity index (χ3n) is 4.99. The van der Waals surface area contributed by atoms with Gasteiger partial charge in [-0.1, -0.05) is 42.0 Å². The Balaban J connectivity index is 1.50. The lowest BCUT2D eigenvalue weighted by Crippen LogP contribution is -2.50. The van der Waals surface area contributed by atoms with Gasteiger partial charge in [-0.2, -0.15) is 4.31 Å². The van der Waals surface area contributed by atoms with Crippen molar-refractivity contribution < 1.29 is 13.2 Å². The van der Waals surface area contributed by atoms with E-state index in [1.54, 1.807) is 40.9 Å². The van der Waals surface area contributed by atoms with Crippen LogP contribution in [0.3, 0.4) is 0 Å². The first-order valence-electron chi connectivity index (χ1n) is 9.35. The highest BCUT2D eigenvalue weighted by molar-refractivity contribution is 7.99. The molecule has 0 atom stereocenters. The van der Waals surface area contributed by atoms with Gasteiger partial charge in [-0.3, -0.25) is 4.79 Å². The molecule has 0 N–H and O–H groups in total. The first kappa shape index (κ1) is 20.9. The number of rotatable bonds is 6. The molecule has 1 amide bonds. The predicted octanol–water partition coefficient (Wildman–Crippen LogP) is 3.07. The van der Waals surface area contributed by atoms with Gasteiger partial charge in [0.25, 0.3) is 0 Å². The Bertz CT molecular complexity index is 919. The Kier molecular flexibility index (Phi) is 6.80. The van der Waals surface area contributed by atoms with Crippen LogP contribution in [-0.4, -0.2) is 55.5 Å². The van der Waals surface area contributed by atoms with E-state index >= 15 is 0 Å². The van der Waals surface area contributed by atoms with Crippen molar-refractivity contribution in [2.75, 3.05) is 31.9 Å². The third kappa shape index (κ3) is 4.96. The average Bonchev–Trinajstić information content (AvgIpc) is 2.70. The lowest BCUT2D eigenvalue weighted by molar-refractivity contribution is -0.129. The van der Waals surface area contributed by atoms with Crippen molar-refractivity contribution in [3.8, 4) is 0 Å². The van der Waals surface area contributed by atoms with Gasteiger partial charge in [-0.25, -0.2) is 8.42 Å². The van der Waals surface area contributed by atoms with Gasteiger partial charge in [0, 0.05) is 31.9 Å². The number of amides is 1. The molecule has 1 aliphatic heterocycles. The van der Waals surface area contributed by atoms with Crippen molar-refractivity contribution in [2.24, 2.45) is 0 Å². The molecular formula is C21H26N2O3S2. The van der Waals surface area contributed by atoms with E-state index in [2.05, 4.69) is 19.1 Å². The molecule has 3 rings (SSSR count). The number of hydrogen-bond acceptors (Lipinski definition) is 4. The second kappa shape index (κ2) is 9.11. The van der Waals surface area contributed by atoms with Crippen LogP contribution >= 0.6 is 11.8 Å². The number of thioether (sulfide) groups is 1. The van der Waals surface area contributed by atoms with Crippen LogP contribution in [0.1, 0.15) is 16.7 Å². The Hall–Kier alpha value is -1.83. The van der Waals surface area contributed by atoms with Crippen molar-refractivity contribution in [1.29, 1.82) is 0 Å². The fraction of sp³-hybridized carbons (Fsp3) is 0.381. The molecule has 2 aromatic rings. The number of piperazine rings is 1. The maximum Gasteiger partial charge on any atom is 0.243 e. The molecule has 1 fully saturated rings. The number of sulfonamides is 1. The van der Waals surface area contributed by atoms with Gasteiger partial charge in [0.15, 0.2) is 0 Å². The van der Waals surface area contributed by atoms with Crippen molar-refractivity contribution >= 4 is 27.7 Å². The molecule has 0 saturated carbocycles. The molecule has 1 saturated heterocycles. The van der Waals surface area contributed by atoms with E-state index < -0.39 is 10.0 Å². The van der Waals surface area contributed by atoms with Crippen molar-refractivity contribution in [1.82, 2.24) is 9.21 Å². The summed E-state index contributed by atoms with van der Waals surface area (Å²) in [4.78, 5) is 14.6. The molecule has 5 nitrogen and oxygen atoms in total. The summed E-state index contributed by atoms with van der Waals surface area (Å²) < 4.78 is 27.0. The van der Waals surface area contributed by atoms with Crippen LogP contribution in [0.25, 0.3) is 0 Å². The zero-order valence-electron chi connectivity index (χ0n) is 16.3. The van der Waals surface area contributed by atoms with Crippen molar-refractivity contribution in [3.63, 3.8) is 0 Å². The Labute approximate surface area is 171 Å². The first-order valence-corrected chi connectivity index (χ1v) is 11.9. The Morgan fingerprint density at radius 2 is 1.61 bits per heavy atom. The SMILES string of the molecule is Cc1ccc(S(=O)(=O)N2CCN(C(=O)CSCc3ccccc3C)CC2)cc1. The molecular weight excluding hydrogens is 392 g/mol. The van der Waals surface area contributed by atoms with E-state index in [9.17, 15) is 13.2 Å². The number of carbonyl (C=O) groups is 1. The van der Waals surface area contributed by atoms with Crippen LogP contribution < -0.4 is 0 Å². The number of nitrogens with zero attached hydrogens (tertiary/aromatic N) is 2. The molecule has 0 aliphatic carbocycles. The second-order valence-corrected chi connectivity index (χ2v) is 9.94. The third-order valence-corrected chi connectivity index (χ3v) is 7.87. The van der Waals surface area contributed by atoms with Gasteiger partial charge >= 0.3 is 0 Å². The summed E-state index contributed by atoms with van der Waals surface area (Å²) in [6.45, 7) is 5.56. The molecule has 1 aliphatic rings. The van der Waals surface area contributed by atoms with E-state index in [4.69, 9.17) is 0 Å². The lowest BCUT2D eigenvalue weighted by atomic mass is 10.1. The van der Waals surface area contributed by atoms with E-state index in [-0.39, 0.29) is 5.91 Å². The second-order valence-electron chi connectivity index (χ2n) is 7.02. The summed E-state index contributed by atoms with van der Waals surface area (Å²) in [6, 6.07) is 15.1. The molecule has 150 valence electrons. The normalized spacial score (nSPS) is 15.6. The number of benzene rings is 2. The van der Waals surface area contributed by atoms with Gasteiger partial charge in [-0.05, 0) is 37.1 Å². The highest BCUT2D eigenvalue weighted by Crippen LogP contribution is 2.20. The fourth-order valence-electron chi connectivity index (χ4n) is 3.15. The zero-order chi connectivity index (χ0) is 20.1. The smallest absolute Gasteiger partial charge is 0.243 e. The molecule has 2 aromatic carbocycles. The highest BCUT2D eigenvalue weighted by Gasteiger charge is 2.29. The van der Waals surface area contributed by atoms with E-state index in [0.29, 0.717) is 36.8 Å². The molecule has 28 heavy (non-hydrogen) atoms. The van der Waals surface area contributed by atoms with Gasteiger partial charge in [0.1, 0.15) is 0 Å². The minimum atomic E-state index is -3.50. The van der Waals surface area contributed by atoms with Crippen LogP contribution in [0, 0.1) is 13.8 Å². The molecule has 0 unspecified atom stereocenters. The lowest BCUT2D eigenvalue weighted by Gasteiger charge is -2.34. The van der Waals surface area contributed by atoms with E-state index in [0.717, 1.165) is 11.3 Å². The van der Waals surface area contributed by atoms with Crippen LogP contribution in [0.4, 0.5) is 0 Å². The molecule has 0 bridgehead atoms. The van der Waals surface area contributed by atoms with Gasteiger partial charge in [0.05, 0.1) is 10.6 Å². The van der Waals surface area contributed by atoms with E-state index in [1.165, 1.54) is 15.4 Å². The molecule has 0 spiro atoms. The summed E-state index contributed by atoms with van der Waals surface area (Å²) in [5.74, 6) is 1.30. The predicted molar refractivity (Wildman–Crippen MR) is 114 cm³/mol. The monoisotopic (exact) mass is 418 g/mol.